The topological polar surface area (TPSA) is 16.4 Å². The van der Waals surface area contributed by atoms with Crippen LogP contribution < -0.4 is 4.90 Å². The normalized spacial score (nSPS) is 13.3. The summed E-state index contributed by atoms with van der Waals surface area (Å²) in [6.45, 7) is 0. The summed E-state index contributed by atoms with van der Waals surface area (Å²) in [5.41, 5.74) is 8.39. The number of benzene rings is 9. The third kappa shape index (κ3) is 5.04. The van der Waals surface area contributed by atoms with Crippen molar-refractivity contribution in [3.05, 3.63) is 200 Å². The van der Waals surface area contributed by atoms with Crippen LogP contribution in [-0.4, -0.2) is 0 Å². The lowest BCUT2D eigenvalue weighted by Crippen LogP contribution is -2.12. The van der Waals surface area contributed by atoms with E-state index < -0.39 is 30.2 Å². The summed E-state index contributed by atoms with van der Waals surface area (Å²) in [4.78, 5) is 1.81. The van der Waals surface area contributed by atoms with Crippen molar-refractivity contribution in [2.45, 2.75) is 0 Å². The zero-order chi connectivity index (χ0) is 40.5. The Morgan fingerprint density at radius 3 is 2.06 bits per heavy atom. The van der Waals surface area contributed by atoms with Crippen molar-refractivity contribution in [1.29, 1.82) is 0 Å². The zero-order valence-corrected chi connectivity index (χ0v) is 27.9. The average molecular weight is 671 g/mol. The number of anilines is 3. The fraction of sp³-hybridized carbons (Fsp3) is 0. The van der Waals surface area contributed by atoms with Gasteiger partial charge in [0.25, 0.3) is 0 Å². The molecule has 0 saturated carbocycles. The Balaban J connectivity index is 1.25. The number of hydrogen-bond acceptors (Lipinski definition) is 2. The van der Waals surface area contributed by atoms with Gasteiger partial charge >= 0.3 is 0 Å². The Labute approximate surface area is 312 Å². The molecule has 244 valence electrons. The Morgan fingerprint density at radius 1 is 0.423 bits per heavy atom. The summed E-state index contributed by atoms with van der Waals surface area (Å²) in [6.07, 6.45) is 0. The first-order valence-corrected chi connectivity index (χ1v) is 17.2. The van der Waals surface area contributed by atoms with Gasteiger partial charge in [0, 0.05) is 32.8 Å². The van der Waals surface area contributed by atoms with Crippen LogP contribution in [0.5, 0.6) is 0 Å². The van der Waals surface area contributed by atoms with E-state index in [1.807, 2.05) is 108 Å². The molecule has 0 saturated heterocycles. The molecule has 1 aromatic heterocycles. The number of nitrogens with zero attached hydrogens (tertiary/aromatic N) is 1. The second-order valence-electron chi connectivity index (χ2n) is 12.8. The quantitative estimate of drug-likeness (QED) is 0.175. The molecule has 0 aliphatic carbocycles. The summed E-state index contributed by atoms with van der Waals surface area (Å²) in [5, 5.41) is 3.90. The van der Waals surface area contributed by atoms with Gasteiger partial charge in [-0.15, -0.1) is 0 Å². The first kappa shape index (κ1) is 23.5. The van der Waals surface area contributed by atoms with Crippen molar-refractivity contribution >= 4 is 60.5 Å². The van der Waals surface area contributed by atoms with E-state index in [0.717, 1.165) is 66.1 Å². The first-order valence-electron chi connectivity index (χ1n) is 20.7. The van der Waals surface area contributed by atoms with Crippen molar-refractivity contribution < 1.29 is 14.0 Å². The van der Waals surface area contributed by atoms with Crippen LogP contribution in [-0.2, 0) is 0 Å². The van der Waals surface area contributed by atoms with E-state index in [1.54, 1.807) is 0 Å². The Morgan fingerprint density at radius 2 is 1.13 bits per heavy atom. The van der Waals surface area contributed by atoms with E-state index in [2.05, 4.69) is 54.6 Å². The highest BCUT2D eigenvalue weighted by molar-refractivity contribution is 6.19. The molecule has 1 heterocycles. The molecule has 0 radical (unpaired) electrons. The van der Waals surface area contributed by atoms with Crippen LogP contribution >= 0.6 is 0 Å². The van der Waals surface area contributed by atoms with Gasteiger partial charge in [-0.2, -0.15) is 0 Å². The maximum atomic E-state index is 9.48. The van der Waals surface area contributed by atoms with E-state index in [4.69, 9.17) is 11.3 Å². The molecule has 9 aromatic carbocycles. The minimum Gasteiger partial charge on any atom is -0.455 e. The lowest BCUT2D eigenvalue weighted by Gasteiger charge is -2.29. The smallest absolute Gasteiger partial charge is 0.143 e. The highest BCUT2D eigenvalue weighted by Gasteiger charge is 2.21. The number of rotatable bonds is 6. The predicted octanol–water partition coefficient (Wildman–Crippen LogP) is 14.4. The molecule has 0 atom stereocenters. The van der Waals surface area contributed by atoms with Gasteiger partial charge < -0.3 is 9.32 Å². The van der Waals surface area contributed by atoms with Gasteiger partial charge in [-0.1, -0.05) is 164 Å². The van der Waals surface area contributed by atoms with Crippen molar-refractivity contribution in [3.63, 3.8) is 0 Å². The van der Waals surface area contributed by atoms with Gasteiger partial charge in [0.15, 0.2) is 0 Å². The van der Waals surface area contributed by atoms with Crippen LogP contribution in [0.15, 0.2) is 204 Å². The van der Waals surface area contributed by atoms with Gasteiger partial charge in [-0.25, -0.2) is 0 Å². The zero-order valence-electron chi connectivity index (χ0n) is 34.9. The number of hydrogen-bond donors (Lipinski definition) is 0. The number of furan rings is 1. The van der Waals surface area contributed by atoms with E-state index in [9.17, 15) is 2.74 Å². The molecular formula is C50H33NO. The minimum atomic E-state index is -0.500. The summed E-state index contributed by atoms with van der Waals surface area (Å²) in [5.74, 6) is 0. The molecule has 0 aliphatic heterocycles. The van der Waals surface area contributed by atoms with Gasteiger partial charge in [0.2, 0.25) is 0 Å². The maximum Gasteiger partial charge on any atom is 0.143 e. The predicted molar refractivity (Wildman–Crippen MR) is 220 cm³/mol. The molecular weight excluding hydrogens is 631 g/mol. The van der Waals surface area contributed by atoms with Crippen LogP contribution in [0.3, 0.4) is 0 Å². The fourth-order valence-electron chi connectivity index (χ4n) is 7.35. The molecule has 10 rings (SSSR count). The molecule has 0 bridgehead atoms. The van der Waals surface area contributed by atoms with Crippen molar-refractivity contribution in [2.24, 2.45) is 0 Å². The Kier molecular flexibility index (Phi) is 5.63. The molecule has 0 aliphatic rings. The molecule has 0 fully saturated rings. The van der Waals surface area contributed by atoms with Gasteiger partial charge in [-0.3, -0.25) is 0 Å². The van der Waals surface area contributed by atoms with Crippen LogP contribution in [0.1, 0.15) is 9.60 Å². The largest absolute Gasteiger partial charge is 0.455 e. The SMILES string of the molecule is [2H]c1c([2H])c([2H])c2c(N(c3cccc(-c4cccc5oc6c7ccccc7ccc6c45)c3)c3ccccc3-c3ccc(-c4ccccc4)cc3)c([2H])c([2H])c([2H])c2c1[2H]. The second-order valence-corrected chi connectivity index (χ2v) is 12.8. The number of fused-ring (bicyclic) bond motifs is 6. The summed E-state index contributed by atoms with van der Waals surface area (Å²) >= 11 is 0. The molecule has 2 heteroatoms. The van der Waals surface area contributed by atoms with Crippen molar-refractivity contribution in [2.75, 3.05) is 4.90 Å². The van der Waals surface area contributed by atoms with E-state index in [1.165, 1.54) is 0 Å². The number of para-hydroxylation sites is 1. The van der Waals surface area contributed by atoms with Crippen LogP contribution in [0.2, 0.25) is 0 Å². The van der Waals surface area contributed by atoms with E-state index in [-0.39, 0.29) is 28.5 Å². The fourth-order valence-corrected chi connectivity index (χ4v) is 7.35. The highest BCUT2D eigenvalue weighted by atomic mass is 16.3. The van der Waals surface area contributed by atoms with Crippen molar-refractivity contribution in [1.82, 2.24) is 0 Å². The van der Waals surface area contributed by atoms with E-state index >= 15 is 0 Å². The molecule has 0 unspecified atom stereocenters. The third-order valence-corrected chi connectivity index (χ3v) is 9.77. The molecule has 52 heavy (non-hydrogen) atoms. The molecule has 10 aromatic rings. The summed E-state index contributed by atoms with van der Waals surface area (Å²) in [6, 6.07) is 49.2. The maximum absolute atomic E-state index is 9.48. The van der Waals surface area contributed by atoms with Gasteiger partial charge in [-0.05, 0) is 75.0 Å². The minimum absolute atomic E-state index is 0.00330. The average Bonchev–Trinajstić information content (AvgIpc) is 3.68. The second kappa shape index (κ2) is 12.5. The van der Waals surface area contributed by atoms with Crippen LogP contribution in [0, 0.1) is 0 Å². The van der Waals surface area contributed by atoms with Crippen LogP contribution in [0.4, 0.5) is 17.1 Å². The monoisotopic (exact) mass is 670 g/mol. The molecule has 2 nitrogen and oxygen atoms in total. The summed E-state index contributed by atoms with van der Waals surface area (Å²) in [7, 11) is 0. The lowest BCUT2D eigenvalue weighted by molar-refractivity contribution is 0.673. The Bertz CT molecular complexity index is 3300. The standard InChI is InChI=1S/C50H33NO/c1-2-13-34(14-3-1)35-27-29-38(30-28-35)42-21-8-9-24-46(42)51(47-25-11-17-36-15-4-6-20-41(36)47)40-19-10-18-39(33-40)43-23-12-26-48-49(43)45-32-31-37-16-5-7-22-44(37)50(45)52-48/h1-33H/i4D,6D,11D,15D,17D,20D,25D. The summed E-state index contributed by atoms with van der Waals surface area (Å²) < 4.78 is 69.2. The first-order chi connectivity index (χ1) is 28.7. The van der Waals surface area contributed by atoms with Gasteiger partial charge in [0.1, 0.15) is 11.2 Å². The Hall–Kier alpha value is -6.90. The molecule has 0 spiro atoms. The van der Waals surface area contributed by atoms with Gasteiger partial charge in [0.05, 0.1) is 21.0 Å². The lowest BCUT2D eigenvalue weighted by atomic mass is 9.96. The van der Waals surface area contributed by atoms with E-state index in [0.29, 0.717) is 11.4 Å². The highest BCUT2D eigenvalue weighted by Crippen LogP contribution is 2.46. The molecule has 0 amide bonds. The van der Waals surface area contributed by atoms with Crippen LogP contribution in [0.25, 0.3) is 76.9 Å². The molecule has 0 N–H and O–H groups in total. The third-order valence-electron chi connectivity index (χ3n) is 9.77. The van der Waals surface area contributed by atoms with Crippen molar-refractivity contribution in [3.8, 4) is 33.4 Å².